The van der Waals surface area contributed by atoms with E-state index in [1.54, 1.807) is 0 Å². The monoisotopic (exact) mass is 228 g/mol. The molecule has 3 heteroatoms. The van der Waals surface area contributed by atoms with Crippen LogP contribution >= 0.6 is 0 Å². The van der Waals surface area contributed by atoms with Crippen LogP contribution in [0.2, 0.25) is 0 Å². The molecule has 17 heavy (non-hydrogen) atoms. The molecular formula is C14H16N2O. The number of hydrogen-bond donors (Lipinski definition) is 2. The fraction of sp³-hybridized carbons (Fsp3) is 0.357. The minimum atomic E-state index is 0.0968. The zero-order valence-corrected chi connectivity index (χ0v) is 9.86. The van der Waals surface area contributed by atoms with Crippen LogP contribution in [0, 0.1) is 23.7 Å². The van der Waals surface area contributed by atoms with Crippen molar-refractivity contribution in [2.75, 3.05) is 11.9 Å². The summed E-state index contributed by atoms with van der Waals surface area (Å²) in [5, 5.41) is 2.93. The lowest BCUT2D eigenvalue weighted by Crippen LogP contribution is -2.15. The van der Waals surface area contributed by atoms with Crippen LogP contribution in [0.5, 0.6) is 0 Å². The van der Waals surface area contributed by atoms with Gasteiger partial charge >= 0.3 is 0 Å². The Hall–Kier alpha value is -1.79. The van der Waals surface area contributed by atoms with E-state index in [9.17, 15) is 4.79 Å². The van der Waals surface area contributed by atoms with E-state index in [0.29, 0.717) is 12.5 Å². The first-order chi connectivity index (χ1) is 8.22. The van der Waals surface area contributed by atoms with Crippen LogP contribution in [0.25, 0.3) is 0 Å². The molecule has 3 nitrogen and oxygen atoms in total. The maximum absolute atomic E-state index is 11.8. The number of anilines is 1. The van der Waals surface area contributed by atoms with Gasteiger partial charge in [0.15, 0.2) is 0 Å². The topological polar surface area (TPSA) is 55.1 Å². The van der Waals surface area contributed by atoms with Crippen molar-refractivity contribution in [3.8, 4) is 11.8 Å². The van der Waals surface area contributed by atoms with Gasteiger partial charge in [-0.05, 0) is 24.5 Å². The first-order valence-corrected chi connectivity index (χ1v) is 5.81. The van der Waals surface area contributed by atoms with Crippen molar-refractivity contribution >= 4 is 11.6 Å². The van der Waals surface area contributed by atoms with E-state index in [1.807, 2.05) is 24.3 Å². The highest BCUT2D eigenvalue weighted by Gasteiger charge is 2.39. The van der Waals surface area contributed by atoms with E-state index >= 15 is 0 Å². The van der Waals surface area contributed by atoms with Gasteiger partial charge in [0.2, 0.25) is 5.91 Å². The van der Waals surface area contributed by atoms with Gasteiger partial charge in [-0.25, -0.2) is 0 Å². The molecular weight excluding hydrogens is 212 g/mol. The fourth-order valence-corrected chi connectivity index (χ4v) is 1.76. The molecule has 1 aromatic rings. The minimum Gasteiger partial charge on any atom is -0.325 e. The molecule has 0 bridgehead atoms. The number of hydrogen-bond acceptors (Lipinski definition) is 2. The van der Waals surface area contributed by atoms with Crippen molar-refractivity contribution in [1.29, 1.82) is 0 Å². The molecule has 0 heterocycles. The van der Waals surface area contributed by atoms with Crippen LogP contribution in [0.1, 0.15) is 18.9 Å². The molecule has 0 aromatic heterocycles. The third kappa shape index (κ3) is 2.86. The van der Waals surface area contributed by atoms with Gasteiger partial charge in [0.25, 0.3) is 0 Å². The van der Waals surface area contributed by atoms with Crippen molar-refractivity contribution in [2.24, 2.45) is 17.6 Å². The van der Waals surface area contributed by atoms with Gasteiger partial charge in [-0.15, -0.1) is 0 Å². The van der Waals surface area contributed by atoms with Crippen molar-refractivity contribution in [1.82, 2.24) is 0 Å². The average Bonchev–Trinajstić information content (AvgIpc) is 3.05. The smallest absolute Gasteiger partial charge is 0.227 e. The number of carbonyl (C=O) groups excluding carboxylic acids is 1. The second-order valence-corrected chi connectivity index (χ2v) is 4.36. The number of benzene rings is 1. The van der Waals surface area contributed by atoms with Gasteiger partial charge in [0.05, 0.1) is 12.2 Å². The fourth-order valence-electron chi connectivity index (χ4n) is 1.76. The maximum Gasteiger partial charge on any atom is 0.227 e. The van der Waals surface area contributed by atoms with E-state index in [-0.39, 0.29) is 11.8 Å². The van der Waals surface area contributed by atoms with Crippen LogP contribution in [0.15, 0.2) is 24.3 Å². The number of nitrogens with one attached hydrogen (secondary N) is 1. The molecule has 1 aliphatic carbocycles. The summed E-state index contributed by atoms with van der Waals surface area (Å²) in [6.45, 7) is 2.41. The summed E-state index contributed by atoms with van der Waals surface area (Å²) in [7, 11) is 0. The van der Waals surface area contributed by atoms with E-state index in [1.165, 1.54) is 0 Å². The van der Waals surface area contributed by atoms with Gasteiger partial charge < -0.3 is 11.1 Å². The molecule has 1 saturated carbocycles. The summed E-state index contributed by atoms with van der Waals surface area (Å²) < 4.78 is 0. The summed E-state index contributed by atoms with van der Waals surface area (Å²) in [5.74, 6) is 6.54. The third-order valence-electron chi connectivity index (χ3n) is 2.96. The lowest BCUT2D eigenvalue weighted by molar-refractivity contribution is -0.117. The number of para-hydroxylation sites is 1. The van der Waals surface area contributed by atoms with Gasteiger partial charge in [-0.1, -0.05) is 30.9 Å². The largest absolute Gasteiger partial charge is 0.325 e. The summed E-state index contributed by atoms with van der Waals surface area (Å²) in [4.78, 5) is 11.8. The van der Waals surface area contributed by atoms with Crippen LogP contribution in [-0.4, -0.2) is 12.5 Å². The quantitative estimate of drug-likeness (QED) is 0.755. The van der Waals surface area contributed by atoms with E-state index in [4.69, 9.17) is 5.73 Å². The second-order valence-electron chi connectivity index (χ2n) is 4.36. The Bertz CT molecular complexity index is 484. The molecule has 2 atom stereocenters. The average molecular weight is 228 g/mol. The molecule has 1 fully saturated rings. The molecule has 0 spiro atoms. The molecule has 0 radical (unpaired) electrons. The molecule has 0 saturated heterocycles. The molecule has 88 valence electrons. The Morgan fingerprint density at radius 1 is 1.53 bits per heavy atom. The molecule has 2 unspecified atom stereocenters. The molecule has 0 aliphatic heterocycles. The predicted octanol–water partition coefficient (Wildman–Crippen LogP) is 1.59. The standard InChI is InChI=1S/C14H16N2O/c1-10-9-12(10)14(17)16-13-7-3-2-5-11(13)6-4-8-15/h2-3,5,7,10,12H,8-9,15H2,1H3,(H,16,17). The van der Waals surface area contributed by atoms with Crippen LogP contribution < -0.4 is 11.1 Å². The van der Waals surface area contributed by atoms with Gasteiger partial charge in [-0.3, -0.25) is 4.79 Å². The highest BCUT2D eigenvalue weighted by atomic mass is 16.2. The Kier molecular flexibility index (Phi) is 3.46. The summed E-state index contributed by atoms with van der Waals surface area (Å²) in [5.41, 5.74) is 6.94. The SMILES string of the molecule is CC1CC1C(=O)Nc1ccccc1C#CCN. The molecule has 1 aromatic carbocycles. The lowest BCUT2D eigenvalue weighted by Gasteiger charge is -2.06. The Balaban J connectivity index is 2.12. The molecule has 2 rings (SSSR count). The first-order valence-electron chi connectivity index (χ1n) is 5.81. The maximum atomic E-state index is 11.8. The zero-order chi connectivity index (χ0) is 12.3. The highest BCUT2D eigenvalue weighted by Crippen LogP contribution is 2.38. The molecule has 3 N–H and O–H groups in total. The Labute approximate surface area is 101 Å². The predicted molar refractivity (Wildman–Crippen MR) is 68.3 cm³/mol. The number of rotatable bonds is 2. The normalized spacial score (nSPS) is 21.3. The van der Waals surface area contributed by atoms with Gasteiger partial charge in [0.1, 0.15) is 0 Å². The first kappa shape index (κ1) is 11.7. The van der Waals surface area contributed by atoms with E-state index in [0.717, 1.165) is 17.7 Å². The second kappa shape index (κ2) is 5.03. The zero-order valence-electron chi connectivity index (χ0n) is 9.86. The Morgan fingerprint density at radius 2 is 2.24 bits per heavy atom. The minimum absolute atomic E-state index is 0.0968. The van der Waals surface area contributed by atoms with Crippen LogP contribution in [0.4, 0.5) is 5.69 Å². The number of nitrogens with two attached hydrogens (primary N) is 1. The van der Waals surface area contributed by atoms with Gasteiger partial charge in [-0.2, -0.15) is 0 Å². The number of carbonyl (C=O) groups is 1. The molecule has 1 aliphatic rings. The number of amides is 1. The highest BCUT2D eigenvalue weighted by molar-refractivity contribution is 5.95. The summed E-state index contributed by atoms with van der Waals surface area (Å²) in [6.07, 6.45) is 0.989. The van der Waals surface area contributed by atoms with Crippen molar-refractivity contribution in [2.45, 2.75) is 13.3 Å². The Morgan fingerprint density at radius 3 is 2.88 bits per heavy atom. The lowest BCUT2D eigenvalue weighted by atomic mass is 10.1. The van der Waals surface area contributed by atoms with Crippen molar-refractivity contribution < 1.29 is 4.79 Å². The van der Waals surface area contributed by atoms with Crippen LogP contribution in [-0.2, 0) is 4.79 Å². The van der Waals surface area contributed by atoms with Crippen molar-refractivity contribution in [3.05, 3.63) is 29.8 Å². The van der Waals surface area contributed by atoms with Crippen LogP contribution in [0.3, 0.4) is 0 Å². The van der Waals surface area contributed by atoms with Gasteiger partial charge in [0, 0.05) is 11.5 Å². The summed E-state index contributed by atoms with van der Waals surface area (Å²) >= 11 is 0. The van der Waals surface area contributed by atoms with E-state index < -0.39 is 0 Å². The summed E-state index contributed by atoms with van der Waals surface area (Å²) in [6, 6.07) is 7.54. The third-order valence-corrected chi connectivity index (χ3v) is 2.96. The van der Waals surface area contributed by atoms with E-state index in [2.05, 4.69) is 24.1 Å². The molecule has 1 amide bonds. The van der Waals surface area contributed by atoms with Crippen molar-refractivity contribution in [3.63, 3.8) is 0 Å².